The molecule has 0 unspecified atom stereocenters. The van der Waals surface area contributed by atoms with Crippen molar-refractivity contribution in [2.45, 2.75) is 44.9 Å². The van der Waals surface area contributed by atoms with E-state index in [1.807, 2.05) is 32.0 Å². The van der Waals surface area contributed by atoms with E-state index >= 15 is 0 Å². The first kappa shape index (κ1) is 26.2. The van der Waals surface area contributed by atoms with Crippen molar-refractivity contribution in [3.63, 3.8) is 0 Å². The molecule has 0 aliphatic heterocycles. The molecule has 1 heterocycles. The third-order valence-electron chi connectivity index (χ3n) is 5.55. The van der Waals surface area contributed by atoms with E-state index in [0.29, 0.717) is 28.8 Å². The number of aliphatic hydroxyl groups excluding tert-OH is 1. The average Bonchev–Trinajstić information content (AvgIpc) is 3.29. The van der Waals surface area contributed by atoms with Crippen LogP contribution in [0.25, 0.3) is 0 Å². The van der Waals surface area contributed by atoms with E-state index in [1.165, 1.54) is 11.8 Å². The Morgan fingerprint density at radius 3 is 2.51 bits per heavy atom. The second-order valence-electron chi connectivity index (χ2n) is 7.82. The molecule has 10 heteroatoms. The second kappa shape index (κ2) is 12.4. The van der Waals surface area contributed by atoms with Crippen molar-refractivity contribution in [3.8, 4) is 5.75 Å². The van der Waals surface area contributed by atoms with Crippen LogP contribution in [0.4, 0.5) is 5.69 Å². The first-order valence-electron chi connectivity index (χ1n) is 11.4. The van der Waals surface area contributed by atoms with Crippen LogP contribution in [0, 0.1) is 6.92 Å². The third-order valence-corrected chi connectivity index (χ3v) is 6.52. The highest BCUT2D eigenvalue weighted by molar-refractivity contribution is 7.99. The number of nitrogens with zero attached hydrogens (tertiary/aromatic N) is 3. The summed E-state index contributed by atoms with van der Waals surface area (Å²) in [6, 6.07) is 11.9. The van der Waals surface area contributed by atoms with Gasteiger partial charge < -0.3 is 25.0 Å². The zero-order chi connectivity index (χ0) is 25.4. The highest BCUT2D eigenvalue weighted by Gasteiger charge is 2.23. The summed E-state index contributed by atoms with van der Waals surface area (Å²) in [5, 5.41) is 24.7. The molecule has 0 saturated carbocycles. The predicted octanol–water partition coefficient (Wildman–Crippen LogP) is 3.37. The largest absolute Gasteiger partial charge is 0.497 e. The summed E-state index contributed by atoms with van der Waals surface area (Å²) in [5.74, 6) is 0.725. The Balaban J connectivity index is 1.68. The van der Waals surface area contributed by atoms with Gasteiger partial charge in [0.1, 0.15) is 11.8 Å². The van der Waals surface area contributed by atoms with Gasteiger partial charge in [0.2, 0.25) is 5.91 Å². The van der Waals surface area contributed by atoms with Crippen molar-refractivity contribution in [3.05, 3.63) is 65.0 Å². The summed E-state index contributed by atoms with van der Waals surface area (Å²) in [6.45, 7) is 6.10. The molecule has 0 spiro atoms. The standard InChI is InChI=1S/C25H31N5O4S/c1-5-17-9-7-8-16(3)22(17)27-21(32)15-35-25-29-28-23(30(25)6-2)20(14-31)26-24(33)18-10-12-19(34-4)13-11-18/h7-13,20,31H,5-6,14-15H2,1-4H3,(H,26,33)(H,27,32)/t20-/m1/s1. The lowest BCUT2D eigenvalue weighted by atomic mass is 10.1. The van der Waals surface area contributed by atoms with Crippen molar-refractivity contribution in [2.75, 3.05) is 24.8 Å². The number of anilines is 1. The summed E-state index contributed by atoms with van der Waals surface area (Å²) < 4.78 is 6.91. The Hall–Kier alpha value is -3.37. The van der Waals surface area contributed by atoms with Gasteiger partial charge in [-0.2, -0.15) is 0 Å². The number of rotatable bonds is 11. The molecule has 3 rings (SSSR count). The van der Waals surface area contributed by atoms with Crippen LogP contribution in [0.15, 0.2) is 47.6 Å². The molecule has 1 aromatic heterocycles. The lowest BCUT2D eigenvalue weighted by molar-refractivity contribution is -0.113. The number of hydrogen-bond donors (Lipinski definition) is 3. The van der Waals surface area contributed by atoms with Crippen LogP contribution in [0.5, 0.6) is 5.75 Å². The number of nitrogens with one attached hydrogen (secondary N) is 2. The Morgan fingerprint density at radius 1 is 1.14 bits per heavy atom. The van der Waals surface area contributed by atoms with Crippen LogP contribution in [-0.4, -0.2) is 51.2 Å². The molecule has 0 aliphatic rings. The van der Waals surface area contributed by atoms with Gasteiger partial charge in [-0.25, -0.2) is 0 Å². The first-order chi connectivity index (χ1) is 16.9. The third kappa shape index (κ3) is 6.40. The molecule has 0 fully saturated rings. The van der Waals surface area contributed by atoms with Crippen molar-refractivity contribution in [1.29, 1.82) is 0 Å². The van der Waals surface area contributed by atoms with E-state index in [0.717, 1.165) is 23.2 Å². The monoisotopic (exact) mass is 497 g/mol. The molecule has 186 valence electrons. The number of aliphatic hydroxyl groups is 1. The van der Waals surface area contributed by atoms with E-state index < -0.39 is 6.04 Å². The predicted molar refractivity (Wildman–Crippen MR) is 136 cm³/mol. The van der Waals surface area contributed by atoms with Gasteiger partial charge in [0.25, 0.3) is 5.91 Å². The maximum absolute atomic E-state index is 12.7. The number of para-hydroxylation sites is 1. The minimum Gasteiger partial charge on any atom is -0.497 e. The van der Waals surface area contributed by atoms with Crippen molar-refractivity contribution in [2.24, 2.45) is 0 Å². The Bertz CT molecular complexity index is 1160. The van der Waals surface area contributed by atoms with E-state index in [-0.39, 0.29) is 24.2 Å². The average molecular weight is 498 g/mol. The SMILES string of the molecule is CCc1cccc(C)c1NC(=O)CSc1nnc([C@@H](CO)NC(=O)c2ccc(OC)cc2)n1CC. The van der Waals surface area contributed by atoms with Gasteiger partial charge in [0.05, 0.1) is 19.5 Å². The van der Waals surface area contributed by atoms with E-state index in [4.69, 9.17) is 4.74 Å². The number of ether oxygens (including phenoxy) is 1. The molecule has 0 aliphatic carbocycles. The van der Waals surface area contributed by atoms with Crippen molar-refractivity contribution < 1.29 is 19.4 Å². The van der Waals surface area contributed by atoms with Gasteiger partial charge in [-0.05, 0) is 55.7 Å². The quantitative estimate of drug-likeness (QED) is 0.348. The minimum absolute atomic E-state index is 0.141. The number of methoxy groups -OCH3 is 1. The number of carbonyl (C=O) groups excluding carboxylic acids is 2. The number of thioether (sulfide) groups is 1. The van der Waals surface area contributed by atoms with Gasteiger partial charge in [0.15, 0.2) is 11.0 Å². The second-order valence-corrected chi connectivity index (χ2v) is 8.76. The highest BCUT2D eigenvalue weighted by atomic mass is 32.2. The molecule has 3 N–H and O–H groups in total. The van der Waals surface area contributed by atoms with Crippen LogP contribution < -0.4 is 15.4 Å². The maximum atomic E-state index is 12.7. The van der Waals surface area contributed by atoms with E-state index in [2.05, 4.69) is 27.8 Å². The fraction of sp³-hybridized carbons (Fsp3) is 0.360. The topological polar surface area (TPSA) is 118 Å². The van der Waals surface area contributed by atoms with Gasteiger partial charge >= 0.3 is 0 Å². The lowest BCUT2D eigenvalue weighted by Crippen LogP contribution is -2.32. The van der Waals surface area contributed by atoms with Crippen LogP contribution in [0.3, 0.4) is 0 Å². The summed E-state index contributed by atoms with van der Waals surface area (Å²) in [6.07, 6.45) is 0.822. The molecule has 35 heavy (non-hydrogen) atoms. The Labute approximate surface area is 209 Å². The molecule has 3 aromatic rings. The molecule has 1 atom stereocenters. The summed E-state index contributed by atoms with van der Waals surface area (Å²) >= 11 is 1.26. The zero-order valence-electron chi connectivity index (χ0n) is 20.4. The normalized spacial score (nSPS) is 11.7. The Morgan fingerprint density at radius 2 is 1.89 bits per heavy atom. The zero-order valence-corrected chi connectivity index (χ0v) is 21.2. The fourth-order valence-corrected chi connectivity index (χ4v) is 4.45. The summed E-state index contributed by atoms with van der Waals surface area (Å²) in [7, 11) is 1.55. The number of hydrogen-bond acceptors (Lipinski definition) is 7. The molecule has 0 radical (unpaired) electrons. The molecular formula is C25H31N5O4S. The van der Waals surface area contributed by atoms with E-state index in [9.17, 15) is 14.7 Å². The number of carbonyl (C=O) groups is 2. The Kier molecular flexibility index (Phi) is 9.27. The first-order valence-corrected chi connectivity index (χ1v) is 12.4. The van der Waals surface area contributed by atoms with Crippen LogP contribution >= 0.6 is 11.8 Å². The van der Waals surface area contributed by atoms with Gasteiger partial charge in [-0.3, -0.25) is 9.59 Å². The van der Waals surface area contributed by atoms with E-state index in [1.54, 1.807) is 35.9 Å². The van der Waals surface area contributed by atoms with Gasteiger partial charge in [-0.1, -0.05) is 36.9 Å². The molecule has 2 aromatic carbocycles. The smallest absolute Gasteiger partial charge is 0.251 e. The number of benzene rings is 2. The molecule has 0 bridgehead atoms. The fourth-order valence-electron chi connectivity index (χ4n) is 3.65. The van der Waals surface area contributed by atoms with Gasteiger partial charge in [-0.15, -0.1) is 10.2 Å². The number of amides is 2. The van der Waals surface area contributed by atoms with Crippen LogP contribution in [0.1, 0.15) is 47.2 Å². The number of aromatic nitrogens is 3. The van der Waals surface area contributed by atoms with Crippen LogP contribution in [-0.2, 0) is 17.8 Å². The maximum Gasteiger partial charge on any atom is 0.251 e. The molecule has 2 amide bonds. The van der Waals surface area contributed by atoms with Crippen LogP contribution in [0.2, 0.25) is 0 Å². The summed E-state index contributed by atoms with van der Waals surface area (Å²) in [4.78, 5) is 25.3. The minimum atomic E-state index is -0.751. The summed E-state index contributed by atoms with van der Waals surface area (Å²) in [5.41, 5.74) is 3.38. The molecular weight excluding hydrogens is 466 g/mol. The molecule has 9 nitrogen and oxygen atoms in total. The van der Waals surface area contributed by atoms with Gasteiger partial charge in [0, 0.05) is 17.8 Å². The van der Waals surface area contributed by atoms with Crippen molar-refractivity contribution >= 4 is 29.3 Å². The van der Waals surface area contributed by atoms with Crippen molar-refractivity contribution in [1.82, 2.24) is 20.1 Å². The highest BCUT2D eigenvalue weighted by Crippen LogP contribution is 2.24. The number of aryl methyl sites for hydroxylation is 2. The molecule has 0 saturated heterocycles. The lowest BCUT2D eigenvalue weighted by Gasteiger charge is -2.17.